The number of nitrogens with one attached hydrogen (secondary N) is 3. The highest BCUT2D eigenvalue weighted by Crippen LogP contribution is 2.32. The molecule has 2 atom stereocenters. The molecule has 2 aromatic rings. The smallest absolute Gasteiger partial charge is 0.349 e. The molecule has 0 radical (unpaired) electrons. The molecule has 1 aliphatic heterocycles. The molecule has 13 heteroatoms. The summed E-state index contributed by atoms with van der Waals surface area (Å²) in [6.45, 7) is 4.07. The summed E-state index contributed by atoms with van der Waals surface area (Å²) in [5, 5.41) is 16.8. The summed E-state index contributed by atoms with van der Waals surface area (Å²) >= 11 is 0. The summed E-state index contributed by atoms with van der Waals surface area (Å²) < 4.78 is 45.5. The molecule has 4 rings (SSSR count). The standard InChI is InChI=1S/C33H42F3N5O5/c1-3-28(43)37-27(31(45)41-17-15-40(2)16-18-41)20-21-9-14-26(25(34)19-21)38-30(44)29(22-7-5-4-6-8-22)39-32(46)33(35,36)23-10-12-24(42)13-11-23/h9-14,19,22,27,29,42H,3-8,15-18,20H2,1-2H3,(H,37,43)(H,38,44)(H,39,46)/t27-,29+/m1/s1. The minimum absolute atomic E-state index is 0.0230. The summed E-state index contributed by atoms with van der Waals surface area (Å²) in [6, 6.07) is 5.68. The van der Waals surface area contributed by atoms with Crippen molar-refractivity contribution in [3.63, 3.8) is 0 Å². The van der Waals surface area contributed by atoms with Crippen LogP contribution < -0.4 is 16.0 Å². The summed E-state index contributed by atoms with van der Waals surface area (Å²) in [6.07, 6.45) is 3.66. The second kappa shape index (κ2) is 15.4. The first kappa shape index (κ1) is 34.7. The molecule has 2 aliphatic rings. The van der Waals surface area contributed by atoms with Crippen LogP contribution in [0.1, 0.15) is 56.6 Å². The van der Waals surface area contributed by atoms with E-state index in [0.29, 0.717) is 44.6 Å². The van der Waals surface area contributed by atoms with E-state index in [1.807, 2.05) is 7.05 Å². The Bertz CT molecular complexity index is 1390. The van der Waals surface area contributed by atoms with Crippen molar-refractivity contribution in [3.05, 3.63) is 59.4 Å². The lowest BCUT2D eigenvalue weighted by molar-refractivity contribution is -0.149. The van der Waals surface area contributed by atoms with Crippen LogP contribution in [0.15, 0.2) is 42.5 Å². The van der Waals surface area contributed by atoms with E-state index >= 15 is 13.2 Å². The molecule has 4 amide bonds. The van der Waals surface area contributed by atoms with Gasteiger partial charge in [0.25, 0.3) is 5.91 Å². The van der Waals surface area contributed by atoms with Crippen LogP contribution in [0.3, 0.4) is 0 Å². The molecule has 0 spiro atoms. The van der Waals surface area contributed by atoms with Crippen molar-refractivity contribution in [3.8, 4) is 5.75 Å². The average Bonchev–Trinajstić information content (AvgIpc) is 3.04. The average molecular weight is 646 g/mol. The quantitative estimate of drug-likeness (QED) is 0.296. The van der Waals surface area contributed by atoms with E-state index in [1.54, 1.807) is 11.8 Å². The van der Waals surface area contributed by atoms with Crippen molar-refractivity contribution < 1.29 is 37.5 Å². The number of amides is 4. The number of carbonyl (C=O) groups excluding carboxylic acids is 4. The van der Waals surface area contributed by atoms with E-state index in [1.165, 1.54) is 12.1 Å². The third-order valence-electron chi connectivity index (χ3n) is 8.71. The van der Waals surface area contributed by atoms with Crippen molar-refractivity contribution in [1.82, 2.24) is 20.4 Å². The number of benzene rings is 2. The highest BCUT2D eigenvalue weighted by molar-refractivity contribution is 5.98. The van der Waals surface area contributed by atoms with Gasteiger partial charge >= 0.3 is 5.92 Å². The van der Waals surface area contributed by atoms with E-state index in [4.69, 9.17) is 0 Å². The van der Waals surface area contributed by atoms with Crippen molar-refractivity contribution >= 4 is 29.3 Å². The van der Waals surface area contributed by atoms with Gasteiger partial charge < -0.3 is 30.9 Å². The molecule has 0 unspecified atom stereocenters. The largest absolute Gasteiger partial charge is 0.508 e. The van der Waals surface area contributed by atoms with Crippen LogP contribution in [0, 0.1) is 11.7 Å². The second-order valence-electron chi connectivity index (χ2n) is 12.1. The topological polar surface area (TPSA) is 131 Å². The molecule has 1 heterocycles. The monoisotopic (exact) mass is 645 g/mol. The predicted molar refractivity (Wildman–Crippen MR) is 166 cm³/mol. The number of nitrogens with zero attached hydrogens (tertiary/aromatic N) is 2. The lowest BCUT2D eigenvalue weighted by Gasteiger charge is -2.34. The van der Waals surface area contributed by atoms with Gasteiger partial charge in [0.2, 0.25) is 17.7 Å². The molecule has 1 saturated heterocycles. The summed E-state index contributed by atoms with van der Waals surface area (Å²) in [5.74, 6) is -8.56. The van der Waals surface area contributed by atoms with Crippen LogP contribution in [0.5, 0.6) is 5.75 Å². The minimum Gasteiger partial charge on any atom is -0.508 e. The van der Waals surface area contributed by atoms with Crippen LogP contribution in [0.2, 0.25) is 0 Å². The first-order chi connectivity index (χ1) is 21.9. The fourth-order valence-corrected chi connectivity index (χ4v) is 5.88. The number of rotatable bonds is 11. The molecular formula is C33H42F3N5O5. The number of hydrogen-bond donors (Lipinski definition) is 4. The third kappa shape index (κ3) is 8.77. The SMILES string of the molecule is CCC(=O)N[C@H](Cc1ccc(NC(=O)[C@@H](NC(=O)C(F)(F)c2ccc(O)cc2)C2CCCCC2)c(F)c1)C(=O)N1CCN(C)CC1. The minimum atomic E-state index is -3.99. The Morgan fingerprint density at radius 3 is 2.22 bits per heavy atom. The summed E-state index contributed by atoms with van der Waals surface area (Å²) in [5.41, 5.74) is -0.453. The molecule has 10 nitrogen and oxygen atoms in total. The van der Waals surface area contributed by atoms with Crippen LogP contribution in [0.25, 0.3) is 0 Å². The van der Waals surface area contributed by atoms with E-state index < -0.39 is 47.1 Å². The van der Waals surface area contributed by atoms with Gasteiger partial charge in [0.1, 0.15) is 23.7 Å². The Hall–Kier alpha value is -4.13. The van der Waals surface area contributed by atoms with Crippen LogP contribution in [-0.4, -0.2) is 83.8 Å². The van der Waals surface area contributed by atoms with Crippen molar-refractivity contribution in [1.29, 1.82) is 0 Å². The Balaban J connectivity index is 1.48. The number of alkyl halides is 2. The normalized spacial score (nSPS) is 17.5. The van der Waals surface area contributed by atoms with Gasteiger partial charge in [-0.15, -0.1) is 0 Å². The molecule has 0 bridgehead atoms. The van der Waals surface area contributed by atoms with Gasteiger partial charge in [0, 0.05) is 44.6 Å². The third-order valence-corrected chi connectivity index (χ3v) is 8.71. The zero-order chi connectivity index (χ0) is 33.4. The molecule has 2 fully saturated rings. The molecule has 1 saturated carbocycles. The van der Waals surface area contributed by atoms with Gasteiger partial charge in [-0.2, -0.15) is 8.78 Å². The van der Waals surface area contributed by atoms with Crippen molar-refractivity contribution in [2.24, 2.45) is 5.92 Å². The number of piperazine rings is 1. The van der Waals surface area contributed by atoms with Gasteiger partial charge in [0.15, 0.2) is 0 Å². The highest BCUT2D eigenvalue weighted by atomic mass is 19.3. The van der Waals surface area contributed by atoms with Gasteiger partial charge in [-0.25, -0.2) is 4.39 Å². The Morgan fingerprint density at radius 1 is 0.957 bits per heavy atom. The fourth-order valence-electron chi connectivity index (χ4n) is 5.88. The van der Waals surface area contributed by atoms with Gasteiger partial charge in [-0.1, -0.05) is 32.3 Å². The van der Waals surface area contributed by atoms with Crippen molar-refractivity contribution in [2.45, 2.75) is 69.9 Å². The van der Waals surface area contributed by atoms with E-state index in [9.17, 15) is 24.3 Å². The van der Waals surface area contributed by atoms with Crippen LogP contribution >= 0.6 is 0 Å². The number of halogens is 3. The molecule has 250 valence electrons. The number of aromatic hydroxyl groups is 1. The van der Waals surface area contributed by atoms with Gasteiger partial charge in [0.05, 0.1) is 5.69 Å². The molecule has 1 aliphatic carbocycles. The van der Waals surface area contributed by atoms with Crippen LogP contribution in [0.4, 0.5) is 18.9 Å². The maximum atomic E-state index is 15.4. The van der Waals surface area contributed by atoms with E-state index in [2.05, 4.69) is 20.9 Å². The Morgan fingerprint density at radius 2 is 1.61 bits per heavy atom. The lowest BCUT2D eigenvalue weighted by atomic mass is 9.83. The van der Waals surface area contributed by atoms with E-state index in [0.717, 1.165) is 49.6 Å². The predicted octanol–water partition coefficient (Wildman–Crippen LogP) is 3.54. The van der Waals surface area contributed by atoms with Gasteiger partial charge in [-0.05, 0) is 67.8 Å². The Kier molecular flexibility index (Phi) is 11.7. The Labute approximate surface area is 266 Å². The second-order valence-corrected chi connectivity index (χ2v) is 12.1. The number of phenolic OH excluding ortho intramolecular Hbond substituents is 1. The van der Waals surface area contributed by atoms with E-state index in [-0.39, 0.29) is 36.1 Å². The number of likely N-dealkylation sites (N-methyl/N-ethyl adjacent to an activating group) is 1. The molecule has 46 heavy (non-hydrogen) atoms. The lowest BCUT2D eigenvalue weighted by Crippen LogP contribution is -2.54. The van der Waals surface area contributed by atoms with Gasteiger partial charge in [-0.3, -0.25) is 19.2 Å². The number of hydrogen-bond acceptors (Lipinski definition) is 6. The number of anilines is 1. The first-order valence-corrected chi connectivity index (χ1v) is 15.7. The molecule has 4 N–H and O–H groups in total. The van der Waals surface area contributed by atoms with Crippen molar-refractivity contribution in [2.75, 3.05) is 38.5 Å². The molecular weight excluding hydrogens is 603 g/mol. The fraction of sp³-hybridized carbons (Fsp3) is 0.515. The molecule has 2 aromatic carbocycles. The number of phenols is 1. The molecule has 0 aromatic heterocycles. The number of carbonyl (C=O) groups is 4. The maximum Gasteiger partial charge on any atom is 0.349 e. The zero-order valence-corrected chi connectivity index (χ0v) is 26.2. The summed E-state index contributed by atoms with van der Waals surface area (Å²) in [7, 11) is 1.96. The highest BCUT2D eigenvalue weighted by Gasteiger charge is 2.44. The first-order valence-electron chi connectivity index (χ1n) is 15.7. The zero-order valence-electron chi connectivity index (χ0n) is 26.2. The maximum absolute atomic E-state index is 15.4. The summed E-state index contributed by atoms with van der Waals surface area (Å²) in [4.78, 5) is 55.5. The van der Waals surface area contributed by atoms with Crippen LogP contribution in [-0.2, 0) is 31.5 Å².